The zero-order chi connectivity index (χ0) is 22.6. The zero-order valence-corrected chi connectivity index (χ0v) is 18.1. The summed E-state index contributed by atoms with van der Waals surface area (Å²) < 4.78 is 44.4. The number of carbonyl (C=O) groups is 1. The maximum absolute atomic E-state index is 12.8. The van der Waals surface area contributed by atoms with Gasteiger partial charge in [0.05, 0.1) is 24.1 Å². The van der Waals surface area contributed by atoms with Gasteiger partial charge in [0.1, 0.15) is 19.0 Å². The second-order valence-electron chi connectivity index (χ2n) is 7.04. The number of methoxy groups -OCH3 is 1. The first kappa shape index (κ1) is 21.5. The summed E-state index contributed by atoms with van der Waals surface area (Å²) in [6.45, 7) is 0.963. The molecular formula is C23H22N2O6S. The minimum Gasteiger partial charge on any atom is -0.495 e. The lowest BCUT2D eigenvalue weighted by atomic mass is 10.1. The second-order valence-corrected chi connectivity index (χ2v) is 8.72. The fourth-order valence-corrected chi connectivity index (χ4v) is 4.38. The Labute approximate surface area is 186 Å². The number of benzene rings is 3. The summed E-state index contributed by atoms with van der Waals surface area (Å²) in [6, 6.07) is 18.1. The first-order chi connectivity index (χ1) is 15.4. The van der Waals surface area contributed by atoms with Crippen molar-refractivity contribution >= 4 is 27.3 Å². The second kappa shape index (κ2) is 9.19. The molecule has 0 unspecified atom stereocenters. The number of hydrogen-bond acceptors (Lipinski definition) is 6. The van der Waals surface area contributed by atoms with E-state index < -0.39 is 10.0 Å². The van der Waals surface area contributed by atoms with Crippen molar-refractivity contribution in [3.05, 3.63) is 72.3 Å². The molecule has 3 aromatic carbocycles. The lowest BCUT2D eigenvalue weighted by Gasteiger charge is -2.18. The third-order valence-corrected chi connectivity index (χ3v) is 6.11. The van der Waals surface area contributed by atoms with Gasteiger partial charge in [0.25, 0.3) is 10.0 Å². The molecule has 0 aliphatic carbocycles. The molecular weight excluding hydrogens is 432 g/mol. The smallest absolute Gasteiger partial charge is 0.262 e. The number of rotatable bonds is 7. The molecule has 0 aromatic heterocycles. The van der Waals surface area contributed by atoms with Crippen LogP contribution in [0.4, 0.5) is 11.4 Å². The minimum atomic E-state index is -3.89. The van der Waals surface area contributed by atoms with Crippen molar-refractivity contribution in [1.29, 1.82) is 0 Å². The molecule has 0 bridgehead atoms. The van der Waals surface area contributed by atoms with E-state index in [4.69, 9.17) is 14.2 Å². The van der Waals surface area contributed by atoms with Gasteiger partial charge in [-0.1, -0.05) is 24.3 Å². The molecule has 0 fully saturated rings. The number of amides is 1. The molecule has 0 saturated heterocycles. The minimum absolute atomic E-state index is 0.0144. The number of sulfonamides is 1. The standard InChI is InChI=1S/C23H22N2O6S/c1-29-20-8-3-2-7-19(20)25-32(27,28)18-6-4-5-17(15-18)24-23(26)14-16-9-10-21-22(13-16)31-12-11-30-21/h2-10,13,15,25H,11-12,14H2,1H3,(H,24,26). The van der Waals surface area contributed by atoms with Crippen LogP contribution in [0.2, 0.25) is 0 Å². The molecule has 9 heteroatoms. The number of fused-ring (bicyclic) bond motifs is 1. The van der Waals surface area contributed by atoms with E-state index in [-0.39, 0.29) is 17.2 Å². The SMILES string of the molecule is COc1ccccc1NS(=O)(=O)c1cccc(NC(=O)Cc2ccc3c(c2)OCCO3)c1. The normalized spacial score (nSPS) is 12.7. The summed E-state index contributed by atoms with van der Waals surface area (Å²) in [6.07, 6.45) is 0.104. The highest BCUT2D eigenvalue weighted by Crippen LogP contribution is 2.31. The maximum Gasteiger partial charge on any atom is 0.262 e. The van der Waals surface area contributed by atoms with Crippen LogP contribution in [0.1, 0.15) is 5.56 Å². The summed E-state index contributed by atoms with van der Waals surface area (Å²) in [5.41, 5.74) is 1.45. The van der Waals surface area contributed by atoms with E-state index in [1.807, 2.05) is 0 Å². The predicted molar refractivity (Wildman–Crippen MR) is 120 cm³/mol. The highest BCUT2D eigenvalue weighted by Gasteiger charge is 2.18. The molecule has 1 aliphatic heterocycles. The molecule has 0 saturated carbocycles. The molecule has 2 N–H and O–H groups in total. The van der Waals surface area contributed by atoms with Crippen molar-refractivity contribution in [2.75, 3.05) is 30.4 Å². The topological polar surface area (TPSA) is 103 Å². The molecule has 0 spiro atoms. The highest BCUT2D eigenvalue weighted by atomic mass is 32.2. The van der Waals surface area contributed by atoms with Crippen LogP contribution in [0, 0.1) is 0 Å². The van der Waals surface area contributed by atoms with Crippen molar-refractivity contribution in [1.82, 2.24) is 0 Å². The molecule has 1 amide bonds. The van der Waals surface area contributed by atoms with Gasteiger partial charge in [0.2, 0.25) is 5.91 Å². The van der Waals surface area contributed by atoms with Crippen LogP contribution in [0.3, 0.4) is 0 Å². The fraction of sp³-hybridized carbons (Fsp3) is 0.174. The Bertz CT molecular complexity index is 1240. The average molecular weight is 455 g/mol. The quantitative estimate of drug-likeness (QED) is 0.567. The number of anilines is 2. The Hall–Kier alpha value is -3.72. The first-order valence-corrected chi connectivity index (χ1v) is 11.4. The largest absolute Gasteiger partial charge is 0.495 e. The summed E-state index contributed by atoms with van der Waals surface area (Å²) in [5.74, 6) is 1.38. The van der Waals surface area contributed by atoms with Gasteiger partial charge in [-0.2, -0.15) is 0 Å². The van der Waals surface area contributed by atoms with Crippen LogP contribution >= 0.6 is 0 Å². The van der Waals surface area contributed by atoms with E-state index in [2.05, 4.69) is 10.0 Å². The van der Waals surface area contributed by atoms with Gasteiger partial charge in [-0.3, -0.25) is 9.52 Å². The molecule has 3 aromatic rings. The maximum atomic E-state index is 12.8. The van der Waals surface area contributed by atoms with E-state index in [1.165, 1.54) is 19.2 Å². The predicted octanol–water partition coefficient (Wildman–Crippen LogP) is 3.45. The van der Waals surface area contributed by atoms with E-state index in [1.54, 1.807) is 54.6 Å². The lowest BCUT2D eigenvalue weighted by molar-refractivity contribution is -0.115. The van der Waals surface area contributed by atoms with Gasteiger partial charge in [-0.25, -0.2) is 8.42 Å². The molecule has 1 heterocycles. The van der Waals surface area contributed by atoms with Crippen LogP contribution in [0.25, 0.3) is 0 Å². The third kappa shape index (κ3) is 4.94. The molecule has 166 valence electrons. The van der Waals surface area contributed by atoms with Crippen LogP contribution in [-0.2, 0) is 21.2 Å². The molecule has 0 radical (unpaired) electrons. The fourth-order valence-electron chi connectivity index (χ4n) is 3.26. The van der Waals surface area contributed by atoms with Crippen molar-refractivity contribution in [3.63, 3.8) is 0 Å². The zero-order valence-electron chi connectivity index (χ0n) is 17.3. The Morgan fingerprint density at radius 2 is 1.75 bits per heavy atom. The van der Waals surface area contributed by atoms with Crippen molar-refractivity contribution in [3.8, 4) is 17.2 Å². The summed E-state index contributed by atoms with van der Waals surface area (Å²) >= 11 is 0. The monoisotopic (exact) mass is 454 g/mol. The third-order valence-electron chi connectivity index (χ3n) is 4.75. The van der Waals surface area contributed by atoms with Gasteiger partial charge in [-0.15, -0.1) is 0 Å². The molecule has 0 atom stereocenters. The summed E-state index contributed by atoms with van der Waals surface area (Å²) in [5, 5.41) is 2.74. The summed E-state index contributed by atoms with van der Waals surface area (Å²) in [4.78, 5) is 12.5. The van der Waals surface area contributed by atoms with Gasteiger partial charge in [-0.05, 0) is 48.0 Å². The highest BCUT2D eigenvalue weighted by molar-refractivity contribution is 7.92. The molecule has 8 nitrogen and oxygen atoms in total. The number of para-hydroxylation sites is 2. The molecule has 4 rings (SSSR count). The Morgan fingerprint density at radius 3 is 2.56 bits per heavy atom. The van der Waals surface area contributed by atoms with Crippen LogP contribution in [-0.4, -0.2) is 34.6 Å². The van der Waals surface area contributed by atoms with E-state index in [9.17, 15) is 13.2 Å². The number of hydrogen-bond donors (Lipinski definition) is 2. The summed E-state index contributed by atoms with van der Waals surface area (Å²) in [7, 11) is -2.42. The van der Waals surface area contributed by atoms with E-state index in [0.29, 0.717) is 41.8 Å². The van der Waals surface area contributed by atoms with Gasteiger partial charge < -0.3 is 19.5 Å². The van der Waals surface area contributed by atoms with Crippen molar-refractivity contribution < 1.29 is 27.4 Å². The number of ether oxygens (including phenoxy) is 3. The van der Waals surface area contributed by atoms with E-state index >= 15 is 0 Å². The van der Waals surface area contributed by atoms with Gasteiger partial charge in [0, 0.05) is 5.69 Å². The van der Waals surface area contributed by atoms with Crippen LogP contribution in [0.15, 0.2) is 71.6 Å². The first-order valence-electron chi connectivity index (χ1n) is 9.89. The number of nitrogens with one attached hydrogen (secondary N) is 2. The molecule has 1 aliphatic rings. The van der Waals surface area contributed by atoms with E-state index in [0.717, 1.165) is 5.56 Å². The van der Waals surface area contributed by atoms with Gasteiger partial charge in [0.15, 0.2) is 11.5 Å². The van der Waals surface area contributed by atoms with Gasteiger partial charge >= 0.3 is 0 Å². The lowest BCUT2D eigenvalue weighted by Crippen LogP contribution is -2.17. The Morgan fingerprint density at radius 1 is 0.969 bits per heavy atom. The molecule has 32 heavy (non-hydrogen) atoms. The van der Waals surface area contributed by atoms with Crippen LogP contribution < -0.4 is 24.2 Å². The van der Waals surface area contributed by atoms with Crippen molar-refractivity contribution in [2.45, 2.75) is 11.3 Å². The Kier molecular flexibility index (Phi) is 6.18. The number of carbonyl (C=O) groups excluding carboxylic acids is 1. The van der Waals surface area contributed by atoms with Crippen molar-refractivity contribution in [2.24, 2.45) is 0 Å². The Balaban J connectivity index is 1.46. The van der Waals surface area contributed by atoms with Crippen LogP contribution in [0.5, 0.6) is 17.2 Å². The average Bonchev–Trinajstić information content (AvgIpc) is 2.79.